The Morgan fingerprint density at radius 1 is 1.24 bits per heavy atom. The molecule has 0 bridgehead atoms. The van der Waals surface area contributed by atoms with E-state index in [0.29, 0.717) is 5.56 Å². The third-order valence-electron chi connectivity index (χ3n) is 2.43. The van der Waals surface area contributed by atoms with E-state index in [1.165, 1.54) is 0 Å². The molecule has 2 aromatic rings. The fourth-order valence-corrected chi connectivity index (χ4v) is 1.54. The third-order valence-corrected chi connectivity index (χ3v) is 2.43. The predicted octanol–water partition coefficient (Wildman–Crippen LogP) is 3.52. The van der Waals surface area contributed by atoms with Gasteiger partial charge in [-0.05, 0) is 44.2 Å². The summed E-state index contributed by atoms with van der Waals surface area (Å²) in [5, 5.41) is 8.67. The Labute approximate surface area is 100 Å². The number of nitrogens with zero attached hydrogens (tertiary/aromatic N) is 2. The lowest BCUT2D eigenvalue weighted by Gasteiger charge is -1.93. The number of hydrogen-bond donors (Lipinski definition) is 0. The maximum Gasteiger partial charge on any atom is 0.109 e. The van der Waals surface area contributed by atoms with E-state index in [1.807, 2.05) is 32.0 Å². The molecule has 2 rings (SSSR count). The Kier molecular flexibility index (Phi) is 3.06. The highest BCUT2D eigenvalue weighted by molar-refractivity contribution is 5.83. The molecule has 0 spiro atoms. The van der Waals surface area contributed by atoms with Gasteiger partial charge in [-0.3, -0.25) is 4.99 Å². The van der Waals surface area contributed by atoms with Crippen LogP contribution in [0.1, 0.15) is 22.6 Å². The van der Waals surface area contributed by atoms with Crippen molar-refractivity contribution in [1.82, 2.24) is 0 Å². The lowest BCUT2D eigenvalue weighted by molar-refractivity contribution is 0.504. The van der Waals surface area contributed by atoms with Crippen LogP contribution in [0.25, 0.3) is 0 Å². The molecular weight excluding hydrogens is 212 g/mol. The molecule has 0 aliphatic heterocycles. The van der Waals surface area contributed by atoms with Crippen LogP contribution in [-0.2, 0) is 0 Å². The van der Waals surface area contributed by atoms with Gasteiger partial charge in [0.2, 0.25) is 0 Å². The molecule has 3 nitrogen and oxygen atoms in total. The molecule has 0 amide bonds. The van der Waals surface area contributed by atoms with E-state index in [4.69, 9.17) is 9.68 Å². The van der Waals surface area contributed by atoms with Crippen molar-refractivity contribution in [1.29, 1.82) is 5.26 Å². The molecule has 0 unspecified atom stereocenters. The van der Waals surface area contributed by atoms with Crippen molar-refractivity contribution in [3.63, 3.8) is 0 Å². The van der Waals surface area contributed by atoms with Crippen LogP contribution >= 0.6 is 0 Å². The highest BCUT2D eigenvalue weighted by Crippen LogP contribution is 2.15. The molecule has 0 fully saturated rings. The monoisotopic (exact) mass is 224 g/mol. The van der Waals surface area contributed by atoms with Crippen molar-refractivity contribution in [3.05, 3.63) is 53.0 Å². The lowest BCUT2D eigenvalue weighted by atomic mass is 10.2. The lowest BCUT2D eigenvalue weighted by Crippen LogP contribution is -1.79. The third kappa shape index (κ3) is 2.61. The second-order valence-corrected chi connectivity index (χ2v) is 3.79. The van der Waals surface area contributed by atoms with Crippen LogP contribution in [0.15, 0.2) is 39.7 Å². The maximum atomic E-state index is 8.67. The second-order valence-electron chi connectivity index (χ2n) is 3.79. The summed E-state index contributed by atoms with van der Waals surface area (Å²) in [5.74, 6) is 1.74. The van der Waals surface area contributed by atoms with E-state index in [9.17, 15) is 0 Å². The zero-order valence-electron chi connectivity index (χ0n) is 9.77. The quantitative estimate of drug-likeness (QED) is 0.733. The highest BCUT2D eigenvalue weighted by Gasteiger charge is 2.00. The van der Waals surface area contributed by atoms with Crippen LogP contribution in [0.2, 0.25) is 0 Å². The maximum absolute atomic E-state index is 8.67. The molecule has 0 saturated heterocycles. The van der Waals surface area contributed by atoms with Gasteiger partial charge in [0, 0.05) is 11.8 Å². The van der Waals surface area contributed by atoms with E-state index >= 15 is 0 Å². The average Bonchev–Trinajstić information content (AvgIpc) is 2.66. The minimum Gasteiger partial charge on any atom is -0.466 e. The first-order valence-electron chi connectivity index (χ1n) is 5.30. The Balaban J connectivity index is 2.20. The Hall–Kier alpha value is -2.34. The summed E-state index contributed by atoms with van der Waals surface area (Å²) in [6, 6.07) is 11.2. The summed E-state index contributed by atoms with van der Waals surface area (Å²) in [7, 11) is 0. The van der Waals surface area contributed by atoms with Gasteiger partial charge < -0.3 is 4.42 Å². The summed E-state index contributed by atoms with van der Waals surface area (Å²) >= 11 is 0. The van der Waals surface area contributed by atoms with Crippen molar-refractivity contribution in [2.24, 2.45) is 4.99 Å². The number of aryl methyl sites for hydroxylation is 2. The topological polar surface area (TPSA) is 49.3 Å². The first-order chi connectivity index (χ1) is 8.19. The number of furan rings is 1. The fraction of sp³-hybridized carbons (Fsp3) is 0.143. The van der Waals surface area contributed by atoms with Crippen LogP contribution in [0.5, 0.6) is 0 Å². The number of rotatable bonds is 2. The van der Waals surface area contributed by atoms with Crippen molar-refractivity contribution in [3.8, 4) is 6.07 Å². The van der Waals surface area contributed by atoms with Crippen molar-refractivity contribution < 1.29 is 4.42 Å². The van der Waals surface area contributed by atoms with E-state index in [0.717, 1.165) is 22.8 Å². The molecule has 0 aliphatic rings. The zero-order valence-corrected chi connectivity index (χ0v) is 9.77. The first-order valence-corrected chi connectivity index (χ1v) is 5.30. The van der Waals surface area contributed by atoms with Crippen LogP contribution in [0, 0.1) is 25.2 Å². The molecule has 1 heterocycles. The molecule has 0 N–H and O–H groups in total. The average molecular weight is 224 g/mol. The van der Waals surface area contributed by atoms with Crippen LogP contribution < -0.4 is 0 Å². The summed E-state index contributed by atoms with van der Waals surface area (Å²) in [4.78, 5) is 4.33. The normalized spacial score (nSPS) is 10.6. The number of benzene rings is 1. The molecule has 0 atom stereocenters. The molecular formula is C14H12N2O. The van der Waals surface area contributed by atoms with Gasteiger partial charge in [0.25, 0.3) is 0 Å². The summed E-state index contributed by atoms with van der Waals surface area (Å²) in [6.07, 6.45) is 1.77. The van der Waals surface area contributed by atoms with Crippen molar-refractivity contribution in [2.45, 2.75) is 13.8 Å². The predicted molar refractivity (Wildman–Crippen MR) is 66.6 cm³/mol. The minimum absolute atomic E-state index is 0.638. The van der Waals surface area contributed by atoms with Gasteiger partial charge in [-0.2, -0.15) is 5.26 Å². The number of nitriles is 1. The number of aliphatic imine (C=N–C) groups is 1. The largest absolute Gasteiger partial charge is 0.466 e. The standard InChI is InChI=1S/C14H12N2O/c1-10-7-13(11(2)17-10)9-16-14-5-3-12(8-15)4-6-14/h3-7,9H,1-2H3. The molecule has 84 valence electrons. The SMILES string of the molecule is Cc1cc(C=Nc2ccc(C#N)cc2)c(C)o1. The molecule has 0 saturated carbocycles. The molecule has 0 radical (unpaired) electrons. The minimum atomic E-state index is 0.638. The Morgan fingerprint density at radius 3 is 2.47 bits per heavy atom. The summed E-state index contributed by atoms with van der Waals surface area (Å²) in [5.41, 5.74) is 2.44. The van der Waals surface area contributed by atoms with Gasteiger partial charge in [0.1, 0.15) is 11.5 Å². The second kappa shape index (κ2) is 4.67. The first kappa shape index (κ1) is 11.2. The van der Waals surface area contributed by atoms with Crippen molar-refractivity contribution >= 4 is 11.9 Å². The van der Waals surface area contributed by atoms with Gasteiger partial charge in [0.15, 0.2) is 0 Å². The van der Waals surface area contributed by atoms with Gasteiger partial charge in [-0.25, -0.2) is 0 Å². The van der Waals surface area contributed by atoms with E-state index in [2.05, 4.69) is 11.1 Å². The molecule has 3 heteroatoms. The van der Waals surface area contributed by atoms with Gasteiger partial charge in [-0.15, -0.1) is 0 Å². The molecule has 0 aliphatic carbocycles. The summed E-state index contributed by atoms with van der Waals surface area (Å²) < 4.78 is 5.41. The Bertz CT molecular complexity index is 586. The zero-order chi connectivity index (χ0) is 12.3. The number of hydrogen-bond acceptors (Lipinski definition) is 3. The van der Waals surface area contributed by atoms with E-state index in [-0.39, 0.29) is 0 Å². The Morgan fingerprint density at radius 2 is 1.94 bits per heavy atom. The molecule has 1 aromatic carbocycles. The molecule has 1 aromatic heterocycles. The van der Waals surface area contributed by atoms with E-state index < -0.39 is 0 Å². The van der Waals surface area contributed by atoms with Crippen LogP contribution in [0.3, 0.4) is 0 Å². The van der Waals surface area contributed by atoms with Gasteiger partial charge in [0.05, 0.1) is 17.3 Å². The smallest absolute Gasteiger partial charge is 0.109 e. The van der Waals surface area contributed by atoms with Crippen molar-refractivity contribution in [2.75, 3.05) is 0 Å². The summed E-state index contributed by atoms with van der Waals surface area (Å²) in [6.45, 7) is 3.82. The van der Waals surface area contributed by atoms with Gasteiger partial charge >= 0.3 is 0 Å². The van der Waals surface area contributed by atoms with E-state index in [1.54, 1.807) is 18.3 Å². The highest BCUT2D eigenvalue weighted by atomic mass is 16.3. The fourth-order valence-electron chi connectivity index (χ4n) is 1.54. The van der Waals surface area contributed by atoms with Gasteiger partial charge in [-0.1, -0.05) is 0 Å². The van der Waals surface area contributed by atoms with Crippen LogP contribution in [0.4, 0.5) is 5.69 Å². The molecule has 17 heavy (non-hydrogen) atoms. The van der Waals surface area contributed by atoms with Crippen LogP contribution in [-0.4, -0.2) is 6.21 Å².